The van der Waals surface area contributed by atoms with Gasteiger partial charge in [-0.3, -0.25) is 14.9 Å². The molecule has 0 spiro atoms. The molecule has 3 rings (SSSR count). The van der Waals surface area contributed by atoms with Crippen molar-refractivity contribution in [2.75, 3.05) is 7.11 Å². The third-order valence-electron chi connectivity index (χ3n) is 4.23. The van der Waals surface area contributed by atoms with E-state index >= 15 is 0 Å². The molecule has 0 aromatic heterocycles. The van der Waals surface area contributed by atoms with Gasteiger partial charge in [-0.15, -0.1) is 0 Å². The third kappa shape index (κ3) is 3.83. The van der Waals surface area contributed by atoms with E-state index in [1.807, 2.05) is 0 Å². The lowest BCUT2D eigenvalue weighted by Gasteiger charge is -2.07. The molecule has 2 aromatic rings. The number of nitro benzene ring substituents is 1. The molecule has 2 aromatic carbocycles. The molecule has 1 aliphatic rings. The van der Waals surface area contributed by atoms with Crippen LogP contribution in [0, 0.1) is 10.1 Å². The fourth-order valence-electron chi connectivity index (χ4n) is 2.85. The highest BCUT2D eigenvalue weighted by molar-refractivity contribution is 6.37. The van der Waals surface area contributed by atoms with E-state index in [-0.39, 0.29) is 39.2 Å². The molecule has 0 atom stereocenters. The zero-order valence-corrected chi connectivity index (χ0v) is 16.5. The van der Waals surface area contributed by atoms with E-state index < -0.39 is 16.8 Å². The van der Waals surface area contributed by atoms with E-state index in [4.69, 9.17) is 16.3 Å². The number of hydrogen-bond donors (Lipinski definition) is 1. The van der Waals surface area contributed by atoms with E-state index in [2.05, 4.69) is 9.98 Å². The summed E-state index contributed by atoms with van der Waals surface area (Å²) >= 11 is 6.00. The van der Waals surface area contributed by atoms with Gasteiger partial charge in [0.15, 0.2) is 5.84 Å². The standard InChI is InChI=1S/C20H14ClN3O6/c1-10(25)16(20(27)30-2)17-12-5-3-4-6-13(12)18(22-17)23-19(26)14-8-7-11(24(28)29)9-15(14)21/h3-9,25H,1-2H3/b16-10+,23-18?. The summed E-state index contributed by atoms with van der Waals surface area (Å²) in [5.74, 6) is -1.87. The number of allylic oxidation sites excluding steroid dienone is 1. The van der Waals surface area contributed by atoms with Crippen molar-refractivity contribution in [1.82, 2.24) is 0 Å². The number of aliphatic imine (C=N–C) groups is 2. The van der Waals surface area contributed by atoms with Gasteiger partial charge in [-0.05, 0) is 13.0 Å². The molecule has 0 fully saturated rings. The zero-order valence-electron chi connectivity index (χ0n) is 15.7. The molecule has 0 aliphatic carbocycles. The van der Waals surface area contributed by atoms with Crippen molar-refractivity contribution in [1.29, 1.82) is 0 Å². The fraction of sp³-hybridized carbons (Fsp3) is 0.100. The Morgan fingerprint density at radius 3 is 2.43 bits per heavy atom. The Kier molecular flexibility index (Phi) is 5.74. The minimum absolute atomic E-state index is 0.00247. The number of rotatable bonds is 4. The number of non-ortho nitro benzene ring substituents is 1. The van der Waals surface area contributed by atoms with Gasteiger partial charge in [0, 0.05) is 23.3 Å². The lowest BCUT2D eigenvalue weighted by atomic mass is 9.99. The normalized spacial score (nSPS) is 14.6. The Morgan fingerprint density at radius 1 is 1.20 bits per heavy atom. The molecule has 1 amide bonds. The van der Waals surface area contributed by atoms with Gasteiger partial charge in [-0.1, -0.05) is 35.9 Å². The van der Waals surface area contributed by atoms with Gasteiger partial charge in [0.2, 0.25) is 0 Å². The summed E-state index contributed by atoms with van der Waals surface area (Å²) in [6, 6.07) is 10.1. The number of ether oxygens (including phenoxy) is 1. The Hall–Kier alpha value is -3.85. The first-order valence-corrected chi connectivity index (χ1v) is 8.86. The van der Waals surface area contributed by atoms with Crippen molar-refractivity contribution in [3.8, 4) is 0 Å². The van der Waals surface area contributed by atoms with Crippen LogP contribution in [0.25, 0.3) is 0 Å². The van der Waals surface area contributed by atoms with Gasteiger partial charge >= 0.3 is 5.97 Å². The smallest absolute Gasteiger partial charge is 0.343 e. The molecule has 30 heavy (non-hydrogen) atoms. The summed E-state index contributed by atoms with van der Waals surface area (Å²) in [6.45, 7) is 1.31. The molecule has 0 bridgehead atoms. The van der Waals surface area contributed by atoms with Gasteiger partial charge in [0.05, 0.1) is 28.3 Å². The summed E-state index contributed by atoms with van der Waals surface area (Å²) in [5.41, 5.74) is 0.587. The molecule has 0 unspecified atom stereocenters. The monoisotopic (exact) mass is 427 g/mol. The third-order valence-corrected chi connectivity index (χ3v) is 4.54. The number of carbonyl (C=O) groups is 2. The van der Waals surface area contributed by atoms with E-state index in [1.165, 1.54) is 20.1 Å². The van der Waals surface area contributed by atoms with E-state index in [9.17, 15) is 24.8 Å². The van der Waals surface area contributed by atoms with Crippen LogP contribution in [0.5, 0.6) is 0 Å². The SMILES string of the molecule is COC(=O)/C(C1=NC(=NC(=O)c2ccc([N+](=O)[O-])cc2Cl)c2ccccc21)=C(\C)O. The number of aliphatic hydroxyl groups is 1. The summed E-state index contributed by atoms with van der Waals surface area (Å²) in [6.07, 6.45) is 0. The number of benzene rings is 2. The Labute approximate surface area is 175 Å². The minimum atomic E-state index is -0.797. The number of nitro groups is 1. The first-order chi connectivity index (χ1) is 14.2. The predicted molar refractivity (Wildman–Crippen MR) is 109 cm³/mol. The van der Waals surface area contributed by atoms with E-state index in [0.717, 1.165) is 12.1 Å². The van der Waals surface area contributed by atoms with Crippen molar-refractivity contribution in [3.63, 3.8) is 0 Å². The summed E-state index contributed by atoms with van der Waals surface area (Å²) in [4.78, 5) is 43.2. The second-order valence-corrected chi connectivity index (χ2v) is 6.53. The largest absolute Gasteiger partial charge is 0.512 e. The topological polar surface area (TPSA) is 131 Å². The van der Waals surface area contributed by atoms with Crippen LogP contribution in [0.3, 0.4) is 0 Å². The van der Waals surface area contributed by atoms with Crippen LogP contribution in [0.4, 0.5) is 5.69 Å². The number of esters is 1. The van der Waals surface area contributed by atoms with Crippen molar-refractivity contribution in [2.45, 2.75) is 6.92 Å². The van der Waals surface area contributed by atoms with Crippen LogP contribution in [0.15, 0.2) is 63.8 Å². The molecule has 0 radical (unpaired) electrons. The Balaban J connectivity index is 2.10. The van der Waals surface area contributed by atoms with Crippen LogP contribution in [0.2, 0.25) is 5.02 Å². The Bertz CT molecular complexity index is 1180. The average Bonchev–Trinajstić information content (AvgIpc) is 3.05. The van der Waals surface area contributed by atoms with Crippen LogP contribution < -0.4 is 0 Å². The number of hydrogen-bond acceptors (Lipinski definition) is 6. The molecule has 1 N–H and O–H groups in total. The lowest BCUT2D eigenvalue weighted by Crippen LogP contribution is -2.16. The van der Waals surface area contributed by atoms with Crippen LogP contribution in [0.1, 0.15) is 28.4 Å². The molecular weight excluding hydrogens is 414 g/mol. The number of methoxy groups -OCH3 is 1. The maximum atomic E-state index is 12.6. The molecule has 0 saturated carbocycles. The second kappa shape index (κ2) is 8.26. The maximum absolute atomic E-state index is 12.6. The number of halogens is 1. The van der Waals surface area contributed by atoms with Crippen molar-refractivity contribution < 1.29 is 24.4 Å². The highest BCUT2D eigenvalue weighted by Crippen LogP contribution is 2.27. The summed E-state index contributed by atoms with van der Waals surface area (Å²) in [7, 11) is 1.17. The van der Waals surface area contributed by atoms with Gasteiger partial charge in [-0.25, -0.2) is 9.79 Å². The summed E-state index contributed by atoms with van der Waals surface area (Å²) in [5, 5.41) is 20.7. The van der Waals surface area contributed by atoms with Crippen LogP contribution in [-0.4, -0.2) is 40.6 Å². The second-order valence-electron chi connectivity index (χ2n) is 6.12. The van der Waals surface area contributed by atoms with E-state index in [1.54, 1.807) is 24.3 Å². The predicted octanol–water partition coefficient (Wildman–Crippen LogP) is 3.64. The van der Waals surface area contributed by atoms with Gasteiger partial charge in [-0.2, -0.15) is 4.99 Å². The number of nitrogens with zero attached hydrogens (tertiary/aromatic N) is 3. The Morgan fingerprint density at radius 2 is 1.87 bits per heavy atom. The van der Waals surface area contributed by atoms with Gasteiger partial charge in [0.25, 0.3) is 11.6 Å². The van der Waals surface area contributed by atoms with Crippen molar-refractivity contribution in [2.24, 2.45) is 9.98 Å². The fourth-order valence-corrected chi connectivity index (χ4v) is 3.11. The number of carbonyl (C=O) groups excluding carboxylic acids is 2. The van der Waals surface area contributed by atoms with Gasteiger partial charge in [0.1, 0.15) is 11.3 Å². The minimum Gasteiger partial charge on any atom is -0.512 e. The molecule has 0 saturated heterocycles. The van der Waals surface area contributed by atoms with E-state index in [0.29, 0.717) is 11.1 Å². The maximum Gasteiger partial charge on any atom is 0.343 e. The highest BCUT2D eigenvalue weighted by Gasteiger charge is 2.30. The first-order valence-electron chi connectivity index (χ1n) is 8.48. The van der Waals surface area contributed by atoms with Gasteiger partial charge < -0.3 is 9.84 Å². The zero-order chi connectivity index (χ0) is 22.0. The molecule has 152 valence electrons. The summed E-state index contributed by atoms with van der Waals surface area (Å²) < 4.78 is 4.72. The number of fused-ring (bicyclic) bond motifs is 1. The highest BCUT2D eigenvalue weighted by atomic mass is 35.5. The molecular formula is C20H14ClN3O6. The molecule has 1 aliphatic heterocycles. The number of amidine groups is 1. The molecule has 1 heterocycles. The number of aliphatic hydroxyl groups excluding tert-OH is 1. The van der Waals surface area contributed by atoms with Crippen molar-refractivity contribution in [3.05, 3.63) is 85.6 Å². The van der Waals surface area contributed by atoms with Crippen LogP contribution >= 0.6 is 11.6 Å². The molecule has 10 heteroatoms. The molecule has 9 nitrogen and oxygen atoms in total. The van der Waals surface area contributed by atoms with Crippen molar-refractivity contribution >= 4 is 40.7 Å². The quantitative estimate of drug-likeness (QED) is 0.260. The van der Waals surface area contributed by atoms with Crippen LogP contribution in [-0.2, 0) is 9.53 Å². The average molecular weight is 428 g/mol. The first kappa shape index (κ1) is 20.9. The lowest BCUT2D eigenvalue weighted by molar-refractivity contribution is -0.384. The number of amides is 1.